The van der Waals surface area contributed by atoms with Gasteiger partial charge in [-0.2, -0.15) is 0 Å². The lowest BCUT2D eigenvalue weighted by Crippen LogP contribution is -2.04. The molecule has 0 radical (unpaired) electrons. The highest BCUT2D eigenvalue weighted by Crippen LogP contribution is 2.18. The van der Waals surface area contributed by atoms with E-state index in [0.29, 0.717) is 6.42 Å². The second kappa shape index (κ2) is 3.76. The third kappa shape index (κ3) is 1.75. The van der Waals surface area contributed by atoms with Crippen LogP contribution in [-0.2, 0) is 6.42 Å². The molecule has 0 saturated heterocycles. The zero-order chi connectivity index (χ0) is 9.97. The molecule has 0 fully saturated rings. The van der Waals surface area contributed by atoms with Gasteiger partial charge in [-0.1, -0.05) is 18.2 Å². The fourth-order valence-electron chi connectivity index (χ4n) is 1.69. The Bertz CT molecular complexity index is 432. The molecule has 0 bridgehead atoms. The van der Waals surface area contributed by atoms with Gasteiger partial charge >= 0.3 is 0 Å². The summed E-state index contributed by atoms with van der Waals surface area (Å²) in [4.78, 5) is 4.07. The number of hydrogen-bond donors (Lipinski definition) is 1. The first kappa shape index (κ1) is 9.16. The third-order valence-electron chi connectivity index (χ3n) is 2.29. The van der Waals surface area contributed by atoms with E-state index in [9.17, 15) is 5.11 Å². The van der Waals surface area contributed by atoms with Crippen LogP contribution < -0.4 is 0 Å². The summed E-state index contributed by atoms with van der Waals surface area (Å²) in [5, 5.41) is 11.7. The van der Waals surface area contributed by atoms with Crippen LogP contribution in [0.1, 0.15) is 12.5 Å². The monoisotopic (exact) mass is 187 g/mol. The number of hydrogen-bond acceptors (Lipinski definition) is 2. The number of benzene rings is 1. The highest BCUT2D eigenvalue weighted by Gasteiger charge is 2.03. The average molecular weight is 187 g/mol. The van der Waals surface area contributed by atoms with Crippen molar-refractivity contribution in [1.29, 1.82) is 0 Å². The van der Waals surface area contributed by atoms with Crippen LogP contribution in [0.4, 0.5) is 0 Å². The first-order valence-corrected chi connectivity index (χ1v) is 4.77. The average Bonchev–Trinajstić information content (AvgIpc) is 2.18. The molecule has 0 unspecified atom stereocenters. The van der Waals surface area contributed by atoms with Crippen LogP contribution >= 0.6 is 0 Å². The van der Waals surface area contributed by atoms with Crippen molar-refractivity contribution < 1.29 is 5.11 Å². The highest BCUT2D eigenvalue weighted by atomic mass is 16.3. The summed E-state index contributed by atoms with van der Waals surface area (Å²) >= 11 is 0. The minimum atomic E-state index is -0.297. The van der Waals surface area contributed by atoms with Gasteiger partial charge in [0.2, 0.25) is 0 Å². The Balaban J connectivity index is 2.53. The molecule has 1 aromatic heterocycles. The van der Waals surface area contributed by atoms with Gasteiger partial charge in [-0.3, -0.25) is 4.98 Å². The molecule has 1 N–H and O–H groups in total. The topological polar surface area (TPSA) is 33.1 Å². The molecule has 72 valence electrons. The van der Waals surface area contributed by atoms with E-state index in [2.05, 4.69) is 11.1 Å². The van der Waals surface area contributed by atoms with E-state index in [4.69, 9.17) is 0 Å². The Morgan fingerprint density at radius 2 is 2.21 bits per heavy atom. The van der Waals surface area contributed by atoms with Gasteiger partial charge in [0.15, 0.2) is 0 Å². The lowest BCUT2D eigenvalue weighted by molar-refractivity contribution is 0.196. The van der Waals surface area contributed by atoms with Crippen molar-refractivity contribution in [3.05, 3.63) is 42.2 Å². The van der Waals surface area contributed by atoms with E-state index in [1.807, 2.05) is 24.4 Å². The van der Waals surface area contributed by atoms with Crippen LogP contribution in [0.15, 0.2) is 36.7 Å². The summed E-state index contributed by atoms with van der Waals surface area (Å²) in [6, 6.07) is 8.08. The van der Waals surface area contributed by atoms with Crippen molar-refractivity contribution in [2.24, 2.45) is 0 Å². The zero-order valence-corrected chi connectivity index (χ0v) is 8.14. The molecule has 0 aliphatic heterocycles. The van der Waals surface area contributed by atoms with Gasteiger partial charge in [-0.05, 0) is 30.4 Å². The predicted molar refractivity (Wildman–Crippen MR) is 57.1 cm³/mol. The van der Waals surface area contributed by atoms with E-state index in [1.54, 1.807) is 13.1 Å². The molecule has 1 aromatic carbocycles. The van der Waals surface area contributed by atoms with Gasteiger partial charge in [0.1, 0.15) is 0 Å². The molecule has 0 spiro atoms. The molecule has 0 amide bonds. The lowest BCUT2D eigenvalue weighted by Gasteiger charge is -2.07. The molecule has 2 aromatic rings. The maximum Gasteiger partial charge on any atom is 0.0552 e. The van der Waals surface area contributed by atoms with Crippen LogP contribution in [0.25, 0.3) is 10.8 Å². The molecule has 1 atom stereocenters. The number of aromatic nitrogens is 1. The molecule has 0 aliphatic carbocycles. The minimum Gasteiger partial charge on any atom is -0.393 e. The normalized spacial score (nSPS) is 13.0. The SMILES string of the molecule is C[C@H](O)Cc1cccc2cnccc12. The molecule has 2 rings (SSSR count). The number of aliphatic hydroxyl groups excluding tert-OH is 1. The van der Waals surface area contributed by atoms with Gasteiger partial charge in [-0.25, -0.2) is 0 Å². The number of aliphatic hydroxyl groups is 1. The molecule has 0 saturated carbocycles. The molecule has 14 heavy (non-hydrogen) atoms. The Morgan fingerprint density at radius 1 is 1.36 bits per heavy atom. The Hall–Kier alpha value is -1.41. The van der Waals surface area contributed by atoms with Crippen molar-refractivity contribution in [1.82, 2.24) is 4.98 Å². The first-order chi connectivity index (χ1) is 6.77. The van der Waals surface area contributed by atoms with E-state index in [1.165, 1.54) is 10.9 Å². The van der Waals surface area contributed by atoms with Crippen LogP contribution in [0.5, 0.6) is 0 Å². The van der Waals surface area contributed by atoms with Gasteiger partial charge < -0.3 is 5.11 Å². The van der Waals surface area contributed by atoms with Gasteiger partial charge in [0.25, 0.3) is 0 Å². The van der Waals surface area contributed by atoms with Crippen molar-refractivity contribution >= 4 is 10.8 Å². The number of fused-ring (bicyclic) bond motifs is 1. The summed E-state index contributed by atoms with van der Waals surface area (Å²) in [6.45, 7) is 1.81. The predicted octanol–water partition coefficient (Wildman–Crippen LogP) is 2.16. The summed E-state index contributed by atoms with van der Waals surface area (Å²) in [5.74, 6) is 0. The van der Waals surface area contributed by atoms with Gasteiger partial charge in [0, 0.05) is 17.8 Å². The molecular formula is C12H13NO. The van der Waals surface area contributed by atoms with Crippen molar-refractivity contribution in [2.75, 3.05) is 0 Å². The van der Waals surface area contributed by atoms with Gasteiger partial charge in [0.05, 0.1) is 6.10 Å². The zero-order valence-electron chi connectivity index (χ0n) is 8.14. The van der Waals surface area contributed by atoms with Crippen molar-refractivity contribution in [2.45, 2.75) is 19.4 Å². The van der Waals surface area contributed by atoms with Crippen molar-refractivity contribution in [3.63, 3.8) is 0 Å². The largest absolute Gasteiger partial charge is 0.393 e. The van der Waals surface area contributed by atoms with Crippen molar-refractivity contribution in [3.8, 4) is 0 Å². The second-order valence-electron chi connectivity index (χ2n) is 3.57. The molecule has 2 heteroatoms. The Labute approximate surface area is 83.2 Å². The van der Waals surface area contributed by atoms with E-state index >= 15 is 0 Å². The standard InChI is InChI=1S/C12H13NO/c1-9(14)7-10-3-2-4-11-8-13-6-5-12(10)11/h2-6,8-9,14H,7H2,1H3/t9-/m0/s1. The first-order valence-electron chi connectivity index (χ1n) is 4.77. The van der Waals surface area contributed by atoms with E-state index in [0.717, 1.165) is 5.39 Å². The van der Waals surface area contributed by atoms with Crippen LogP contribution in [-0.4, -0.2) is 16.2 Å². The van der Waals surface area contributed by atoms with Crippen LogP contribution in [0, 0.1) is 0 Å². The molecule has 1 heterocycles. The van der Waals surface area contributed by atoms with E-state index < -0.39 is 0 Å². The maximum atomic E-state index is 9.35. The van der Waals surface area contributed by atoms with Crippen LogP contribution in [0.3, 0.4) is 0 Å². The summed E-state index contributed by atoms with van der Waals surface area (Å²) < 4.78 is 0. The van der Waals surface area contributed by atoms with E-state index in [-0.39, 0.29) is 6.10 Å². The highest BCUT2D eigenvalue weighted by molar-refractivity contribution is 5.84. The lowest BCUT2D eigenvalue weighted by atomic mass is 10.0. The smallest absolute Gasteiger partial charge is 0.0552 e. The number of nitrogens with zero attached hydrogens (tertiary/aromatic N) is 1. The Morgan fingerprint density at radius 3 is 3.00 bits per heavy atom. The quantitative estimate of drug-likeness (QED) is 0.781. The second-order valence-corrected chi connectivity index (χ2v) is 3.57. The minimum absolute atomic E-state index is 0.297. The molecular weight excluding hydrogens is 174 g/mol. The van der Waals surface area contributed by atoms with Gasteiger partial charge in [-0.15, -0.1) is 0 Å². The third-order valence-corrected chi connectivity index (χ3v) is 2.29. The fraction of sp³-hybridized carbons (Fsp3) is 0.250. The Kier molecular flexibility index (Phi) is 2.46. The maximum absolute atomic E-state index is 9.35. The molecule has 0 aliphatic rings. The fourth-order valence-corrected chi connectivity index (χ4v) is 1.69. The summed E-state index contributed by atoms with van der Waals surface area (Å²) in [7, 11) is 0. The van der Waals surface area contributed by atoms with Crippen LogP contribution in [0.2, 0.25) is 0 Å². The number of pyridine rings is 1. The summed E-state index contributed by atoms with van der Waals surface area (Å²) in [6.07, 6.45) is 4.03. The number of rotatable bonds is 2. The summed E-state index contributed by atoms with van der Waals surface area (Å²) in [5.41, 5.74) is 1.18. The molecule has 2 nitrogen and oxygen atoms in total.